The monoisotopic (exact) mass is 515 g/mol. The molecule has 188 valence electrons. The van der Waals surface area contributed by atoms with Crippen LogP contribution in [0.2, 0.25) is 19.6 Å². The average Bonchev–Trinajstić information content (AvgIpc) is 3.54. The summed E-state index contributed by atoms with van der Waals surface area (Å²) in [6.07, 6.45) is 0. The van der Waals surface area contributed by atoms with Gasteiger partial charge >= 0.3 is 0 Å². The van der Waals surface area contributed by atoms with Crippen molar-refractivity contribution in [3.05, 3.63) is 90.0 Å². The molecule has 5 aromatic rings. The molecule has 1 aromatic heterocycles. The summed E-state index contributed by atoms with van der Waals surface area (Å²) in [7, 11) is -0.0248. The normalized spacial score (nSPS) is 22.6. The predicted molar refractivity (Wildman–Crippen MR) is 157 cm³/mol. The lowest BCUT2D eigenvalue weighted by atomic mass is 9.84. The van der Waals surface area contributed by atoms with Gasteiger partial charge in [0.1, 0.15) is 11.6 Å². The van der Waals surface area contributed by atoms with E-state index in [2.05, 4.69) is 115 Å². The molecule has 3 heterocycles. The van der Waals surface area contributed by atoms with Gasteiger partial charge in [0.15, 0.2) is 0 Å². The number of hydrogen-bond acceptors (Lipinski definition) is 3. The number of ether oxygens (including phenoxy) is 1. The summed E-state index contributed by atoms with van der Waals surface area (Å²) in [5.41, 5.74) is 9.54. The van der Waals surface area contributed by atoms with Gasteiger partial charge in [-0.05, 0) is 52.9 Å². The molecule has 3 aliphatic rings. The number of fused-ring (bicyclic) bond motifs is 5. The minimum absolute atomic E-state index is 0.103. The lowest BCUT2D eigenvalue weighted by molar-refractivity contribution is -0.677. The Bertz CT molecular complexity index is 1840. The van der Waals surface area contributed by atoms with E-state index in [0.717, 1.165) is 5.69 Å². The maximum absolute atomic E-state index is 11.9. The van der Waals surface area contributed by atoms with Crippen molar-refractivity contribution < 1.29 is 14.4 Å². The van der Waals surface area contributed by atoms with Crippen LogP contribution in [0.15, 0.2) is 78.9 Å². The van der Waals surface area contributed by atoms with Gasteiger partial charge in [-0.3, -0.25) is 0 Å². The van der Waals surface area contributed by atoms with E-state index in [1.54, 1.807) is 7.11 Å². The summed E-state index contributed by atoms with van der Waals surface area (Å²) in [4.78, 5) is 2.43. The number of anilines is 3. The van der Waals surface area contributed by atoms with Gasteiger partial charge in [0.05, 0.1) is 19.3 Å². The number of nitrogens with zero attached hydrogens (tertiary/aromatic N) is 2. The minimum Gasteiger partial charge on any atom is -0.360 e. The topological polar surface area (TPSA) is 36.6 Å². The molecular formula is C33H31N2O2Si+. The highest BCUT2D eigenvalue weighted by molar-refractivity contribution is 6.90. The number of aliphatic hydroxyl groups is 1. The van der Waals surface area contributed by atoms with Crippen LogP contribution >= 0.6 is 0 Å². The van der Waals surface area contributed by atoms with E-state index >= 15 is 0 Å². The van der Waals surface area contributed by atoms with Crippen molar-refractivity contribution in [2.75, 3.05) is 12.0 Å². The number of aryl methyl sites for hydroxylation is 1. The summed E-state index contributed by atoms with van der Waals surface area (Å²) >= 11 is 0. The number of aromatic nitrogens is 1. The fourth-order valence-corrected chi connectivity index (χ4v) is 8.97. The third-order valence-electron chi connectivity index (χ3n) is 9.04. The second kappa shape index (κ2) is 7.11. The first-order valence-electron chi connectivity index (χ1n) is 13.5. The van der Waals surface area contributed by atoms with Crippen LogP contribution in [-0.4, -0.2) is 26.1 Å². The first-order valence-corrected chi connectivity index (χ1v) is 17.0. The molecule has 0 radical (unpaired) electrons. The zero-order chi connectivity index (χ0) is 26.1. The maximum Gasteiger partial charge on any atom is 0.244 e. The Balaban J connectivity index is 1.63. The molecule has 0 bridgehead atoms. The molecule has 1 saturated carbocycles. The lowest BCUT2D eigenvalue weighted by Gasteiger charge is -2.34. The Morgan fingerprint density at radius 1 is 0.895 bits per heavy atom. The highest BCUT2D eigenvalue weighted by Crippen LogP contribution is 2.67. The molecule has 0 amide bonds. The summed E-state index contributed by atoms with van der Waals surface area (Å²) < 4.78 is 8.33. The van der Waals surface area contributed by atoms with E-state index in [4.69, 9.17) is 4.74 Å². The fourth-order valence-electron chi connectivity index (χ4n) is 7.37. The molecule has 4 aromatic carbocycles. The van der Waals surface area contributed by atoms with Crippen LogP contribution in [-0.2, 0) is 4.74 Å². The number of rotatable bonds is 3. The van der Waals surface area contributed by atoms with Gasteiger partial charge in [-0.1, -0.05) is 68.2 Å². The van der Waals surface area contributed by atoms with Crippen molar-refractivity contribution in [2.45, 2.75) is 44.3 Å². The summed E-state index contributed by atoms with van der Waals surface area (Å²) in [5.74, 6) is -1.34. The van der Waals surface area contributed by atoms with E-state index in [0.29, 0.717) is 0 Å². The van der Waals surface area contributed by atoms with Gasteiger partial charge in [0.2, 0.25) is 23.0 Å². The van der Waals surface area contributed by atoms with E-state index in [-0.39, 0.29) is 12.0 Å². The summed E-state index contributed by atoms with van der Waals surface area (Å²) in [6.45, 7) is 9.42. The third kappa shape index (κ3) is 2.59. The second-order valence-electron chi connectivity index (χ2n) is 12.1. The van der Waals surface area contributed by atoms with Crippen molar-refractivity contribution in [2.24, 2.45) is 0 Å². The summed E-state index contributed by atoms with van der Waals surface area (Å²) in [5, 5.41) is 17.1. The molecule has 3 unspecified atom stereocenters. The molecule has 4 nitrogen and oxygen atoms in total. The zero-order valence-electron chi connectivity index (χ0n) is 22.4. The highest BCUT2D eigenvalue weighted by Gasteiger charge is 2.77. The molecule has 1 N–H and O–H groups in total. The van der Waals surface area contributed by atoms with Gasteiger partial charge in [-0.25, -0.2) is 0 Å². The Kier molecular flexibility index (Phi) is 4.21. The van der Waals surface area contributed by atoms with Gasteiger partial charge in [0.25, 0.3) is 0 Å². The third-order valence-corrected chi connectivity index (χ3v) is 11.1. The van der Waals surface area contributed by atoms with Crippen molar-refractivity contribution in [1.82, 2.24) is 0 Å². The maximum atomic E-state index is 11.9. The largest absolute Gasteiger partial charge is 0.360 e. The molecule has 2 aliphatic heterocycles. The standard InChI is InChI=1S/C33H31N2O2Si/c1-19-17-23-29-28-21(19)13-9-15-25(28)34(20-11-7-6-8-12-20)26-18-22-24(14-10-16-27(22)38(3,4)5)35(31(26)29)32-30(23)33(32,36)37-2/h6-18,30,32,36H,1-5H3/q+1. The molecular weight excluding hydrogens is 484 g/mol. The Morgan fingerprint density at radius 3 is 2.39 bits per heavy atom. The fraction of sp³-hybridized carbons (Fsp3) is 0.242. The molecule has 3 atom stereocenters. The molecule has 1 aliphatic carbocycles. The van der Waals surface area contributed by atoms with Crippen molar-refractivity contribution >= 4 is 52.0 Å². The van der Waals surface area contributed by atoms with Crippen molar-refractivity contribution in [1.29, 1.82) is 0 Å². The van der Waals surface area contributed by atoms with Crippen LogP contribution in [0.25, 0.3) is 32.9 Å². The number of para-hydroxylation sites is 1. The lowest BCUT2D eigenvalue weighted by Crippen LogP contribution is -2.46. The molecule has 0 spiro atoms. The van der Waals surface area contributed by atoms with Crippen molar-refractivity contribution in [3.63, 3.8) is 0 Å². The Morgan fingerprint density at radius 2 is 1.66 bits per heavy atom. The number of methoxy groups -OCH3 is 1. The van der Waals surface area contributed by atoms with Crippen LogP contribution in [0.3, 0.4) is 0 Å². The SMILES string of the molecule is COC1(O)C2c3cc(C)c4cccc5c4c3-c3c(cc4c([Si](C)(C)C)cccc4[n+]3C21)N5c1ccccc1. The first-order chi connectivity index (χ1) is 18.3. The minimum atomic E-state index is -1.67. The van der Waals surface area contributed by atoms with E-state index in [1.807, 2.05) is 0 Å². The highest BCUT2D eigenvalue weighted by atomic mass is 28.3. The zero-order valence-corrected chi connectivity index (χ0v) is 23.4. The number of hydrogen-bond donors (Lipinski definition) is 1. The molecule has 5 heteroatoms. The predicted octanol–water partition coefficient (Wildman–Crippen LogP) is 6.57. The molecule has 0 saturated heterocycles. The molecule has 38 heavy (non-hydrogen) atoms. The second-order valence-corrected chi connectivity index (χ2v) is 17.2. The number of benzene rings is 4. The van der Waals surface area contributed by atoms with Crippen LogP contribution < -0.4 is 14.7 Å². The Hall–Kier alpha value is -3.51. The van der Waals surface area contributed by atoms with Crippen LogP contribution in [0, 0.1) is 6.92 Å². The number of pyridine rings is 1. The average molecular weight is 516 g/mol. The van der Waals surface area contributed by atoms with Gasteiger partial charge in [-0.15, -0.1) is 0 Å². The molecule has 1 fully saturated rings. The quantitative estimate of drug-likeness (QED) is 0.165. The van der Waals surface area contributed by atoms with Gasteiger partial charge in [0, 0.05) is 29.6 Å². The van der Waals surface area contributed by atoms with Crippen LogP contribution in [0.4, 0.5) is 17.1 Å². The molecule has 8 rings (SSSR count). The summed E-state index contributed by atoms with van der Waals surface area (Å²) in [6, 6.07) is 28.6. The smallest absolute Gasteiger partial charge is 0.244 e. The van der Waals surface area contributed by atoms with E-state index < -0.39 is 13.9 Å². The van der Waals surface area contributed by atoms with Crippen molar-refractivity contribution in [3.8, 4) is 11.3 Å². The van der Waals surface area contributed by atoms with E-state index in [1.165, 1.54) is 60.6 Å². The van der Waals surface area contributed by atoms with Crippen LogP contribution in [0.5, 0.6) is 0 Å². The van der Waals surface area contributed by atoms with E-state index in [9.17, 15) is 5.11 Å². The first kappa shape index (κ1) is 22.5. The van der Waals surface area contributed by atoms with Gasteiger partial charge < -0.3 is 14.7 Å². The Labute approximate surface area is 223 Å². The van der Waals surface area contributed by atoms with Gasteiger partial charge in [-0.2, -0.15) is 4.57 Å². The van der Waals surface area contributed by atoms with Crippen LogP contribution in [0.1, 0.15) is 23.1 Å².